The summed E-state index contributed by atoms with van der Waals surface area (Å²) >= 11 is 0. The van der Waals surface area contributed by atoms with Crippen LogP contribution in [-0.2, 0) is 10.0 Å². The first-order valence-corrected chi connectivity index (χ1v) is 9.55. The van der Waals surface area contributed by atoms with Crippen LogP contribution in [0.25, 0.3) is 11.4 Å². The van der Waals surface area contributed by atoms with Crippen molar-refractivity contribution in [2.75, 3.05) is 6.61 Å². The molecule has 3 rings (SSSR count). The van der Waals surface area contributed by atoms with Crippen molar-refractivity contribution in [1.82, 2.24) is 8.96 Å². The molecule has 0 unspecified atom stereocenters. The van der Waals surface area contributed by atoms with Gasteiger partial charge in [0.1, 0.15) is 5.75 Å². The molecule has 0 spiro atoms. The van der Waals surface area contributed by atoms with Crippen LogP contribution in [0, 0.1) is 6.92 Å². The molecule has 0 amide bonds. The van der Waals surface area contributed by atoms with Crippen molar-refractivity contribution in [3.63, 3.8) is 0 Å². The van der Waals surface area contributed by atoms with Crippen molar-refractivity contribution in [3.05, 3.63) is 66.5 Å². The maximum atomic E-state index is 12.9. The van der Waals surface area contributed by atoms with Gasteiger partial charge in [-0.15, -0.1) is 0 Å². The first-order chi connectivity index (χ1) is 12.0. The third-order valence-electron chi connectivity index (χ3n) is 3.77. The number of benzene rings is 2. The minimum Gasteiger partial charge on any atom is -0.494 e. The molecule has 0 saturated heterocycles. The van der Waals surface area contributed by atoms with Gasteiger partial charge in [0.15, 0.2) is 5.82 Å². The molecule has 130 valence electrons. The smallest absolute Gasteiger partial charge is 0.269 e. The van der Waals surface area contributed by atoms with Gasteiger partial charge in [0.2, 0.25) is 0 Å². The molecule has 0 aliphatic rings. The zero-order valence-electron chi connectivity index (χ0n) is 14.2. The quantitative estimate of drug-likeness (QED) is 0.672. The van der Waals surface area contributed by atoms with Crippen LogP contribution in [0.15, 0.2) is 65.8 Å². The number of aryl methyl sites for hydroxylation is 1. The van der Waals surface area contributed by atoms with E-state index in [1.165, 1.54) is 16.4 Å². The zero-order valence-corrected chi connectivity index (χ0v) is 15.0. The molecule has 0 N–H and O–H groups in total. The topological polar surface area (TPSA) is 61.2 Å². The predicted molar refractivity (Wildman–Crippen MR) is 97.2 cm³/mol. The van der Waals surface area contributed by atoms with E-state index in [1.807, 2.05) is 38.1 Å². The Hall–Kier alpha value is -2.60. The summed E-state index contributed by atoms with van der Waals surface area (Å²) in [4.78, 5) is 4.47. The van der Waals surface area contributed by atoms with Gasteiger partial charge in [-0.3, -0.25) is 0 Å². The second-order valence-electron chi connectivity index (χ2n) is 5.74. The molecular weight excluding hydrogens is 336 g/mol. The van der Waals surface area contributed by atoms with Gasteiger partial charge in [-0.25, -0.2) is 17.4 Å². The highest BCUT2D eigenvalue weighted by molar-refractivity contribution is 7.90. The Morgan fingerprint density at radius 1 is 1.04 bits per heavy atom. The van der Waals surface area contributed by atoms with Crippen LogP contribution >= 0.6 is 0 Å². The molecule has 1 heterocycles. The van der Waals surface area contributed by atoms with Crippen molar-refractivity contribution in [2.45, 2.75) is 25.2 Å². The van der Waals surface area contributed by atoms with Gasteiger partial charge in [-0.2, -0.15) is 0 Å². The standard InChI is InChI=1S/C19H20N2O3S/c1-3-14-24-17-8-6-16(7-9-17)19-20-12-13-21(19)25(22,23)18-10-4-15(2)5-11-18/h4-13H,3,14H2,1-2H3. The van der Waals surface area contributed by atoms with E-state index in [2.05, 4.69) is 4.98 Å². The van der Waals surface area contributed by atoms with Crippen molar-refractivity contribution in [3.8, 4) is 17.1 Å². The molecule has 2 aromatic carbocycles. The van der Waals surface area contributed by atoms with Crippen LogP contribution in [0.5, 0.6) is 5.75 Å². The molecule has 0 saturated carbocycles. The Morgan fingerprint density at radius 3 is 2.36 bits per heavy atom. The molecule has 5 nitrogen and oxygen atoms in total. The van der Waals surface area contributed by atoms with Gasteiger partial charge in [-0.05, 0) is 49.7 Å². The fraction of sp³-hybridized carbons (Fsp3) is 0.211. The van der Waals surface area contributed by atoms with Crippen LogP contribution in [0.4, 0.5) is 0 Å². The minimum atomic E-state index is -3.69. The van der Waals surface area contributed by atoms with Crippen molar-refractivity contribution in [2.24, 2.45) is 0 Å². The van der Waals surface area contributed by atoms with E-state index < -0.39 is 10.0 Å². The number of rotatable bonds is 6. The number of hydrogen-bond donors (Lipinski definition) is 0. The van der Waals surface area contributed by atoms with Crippen LogP contribution in [0.1, 0.15) is 18.9 Å². The molecule has 0 atom stereocenters. The summed E-state index contributed by atoms with van der Waals surface area (Å²) in [6.45, 7) is 4.61. The minimum absolute atomic E-state index is 0.236. The normalized spacial score (nSPS) is 11.4. The molecule has 0 radical (unpaired) electrons. The van der Waals surface area contributed by atoms with E-state index >= 15 is 0 Å². The van der Waals surface area contributed by atoms with Gasteiger partial charge in [0.25, 0.3) is 10.0 Å². The van der Waals surface area contributed by atoms with Gasteiger partial charge in [0, 0.05) is 18.0 Å². The van der Waals surface area contributed by atoms with Gasteiger partial charge in [-0.1, -0.05) is 24.6 Å². The van der Waals surface area contributed by atoms with Crippen molar-refractivity contribution >= 4 is 10.0 Å². The number of nitrogens with zero attached hydrogens (tertiary/aromatic N) is 2. The Balaban J connectivity index is 1.96. The Kier molecular flexibility index (Phi) is 4.90. The highest BCUT2D eigenvalue weighted by Crippen LogP contribution is 2.25. The molecule has 3 aromatic rings. The highest BCUT2D eigenvalue weighted by atomic mass is 32.2. The maximum absolute atomic E-state index is 12.9. The Bertz CT molecular complexity index is 943. The third kappa shape index (κ3) is 3.58. The number of aromatic nitrogens is 2. The van der Waals surface area contributed by atoms with Crippen LogP contribution in [0.2, 0.25) is 0 Å². The van der Waals surface area contributed by atoms with E-state index in [4.69, 9.17) is 4.74 Å². The summed E-state index contributed by atoms with van der Waals surface area (Å²) in [5.41, 5.74) is 1.72. The first-order valence-electron chi connectivity index (χ1n) is 8.11. The van der Waals surface area contributed by atoms with Crippen LogP contribution < -0.4 is 4.74 Å². The number of imidazole rings is 1. The highest BCUT2D eigenvalue weighted by Gasteiger charge is 2.21. The van der Waals surface area contributed by atoms with E-state index in [1.54, 1.807) is 24.3 Å². The molecule has 6 heteroatoms. The number of hydrogen-bond acceptors (Lipinski definition) is 4. The lowest BCUT2D eigenvalue weighted by Crippen LogP contribution is -2.13. The number of ether oxygens (including phenoxy) is 1. The summed E-state index contributed by atoms with van der Waals surface area (Å²) < 4.78 is 32.6. The average molecular weight is 356 g/mol. The molecular formula is C19H20N2O3S. The molecule has 0 aliphatic carbocycles. The van der Waals surface area contributed by atoms with Crippen LogP contribution in [0.3, 0.4) is 0 Å². The van der Waals surface area contributed by atoms with Gasteiger partial charge >= 0.3 is 0 Å². The first kappa shape index (κ1) is 17.2. The summed E-state index contributed by atoms with van der Waals surface area (Å²) in [6.07, 6.45) is 3.88. The molecule has 0 bridgehead atoms. The summed E-state index contributed by atoms with van der Waals surface area (Å²) in [5.74, 6) is 1.13. The largest absolute Gasteiger partial charge is 0.494 e. The lowest BCUT2D eigenvalue weighted by atomic mass is 10.2. The fourth-order valence-electron chi connectivity index (χ4n) is 2.43. The van der Waals surface area contributed by atoms with E-state index in [-0.39, 0.29) is 4.90 Å². The predicted octanol–water partition coefficient (Wildman–Crippen LogP) is 3.88. The van der Waals surface area contributed by atoms with E-state index in [0.29, 0.717) is 18.0 Å². The summed E-state index contributed by atoms with van der Waals surface area (Å²) in [6, 6.07) is 14.0. The zero-order chi connectivity index (χ0) is 17.9. The van der Waals surface area contributed by atoms with Crippen molar-refractivity contribution in [1.29, 1.82) is 0 Å². The van der Waals surface area contributed by atoms with Crippen LogP contribution in [-0.4, -0.2) is 24.0 Å². The Labute approximate surface area is 148 Å². The molecule has 1 aromatic heterocycles. The SMILES string of the molecule is CCCOc1ccc(-c2nccn2S(=O)(=O)c2ccc(C)cc2)cc1. The maximum Gasteiger partial charge on any atom is 0.269 e. The lowest BCUT2D eigenvalue weighted by Gasteiger charge is -2.10. The fourth-order valence-corrected chi connectivity index (χ4v) is 3.73. The third-order valence-corrected chi connectivity index (χ3v) is 5.45. The average Bonchev–Trinajstić information content (AvgIpc) is 3.11. The van der Waals surface area contributed by atoms with E-state index in [9.17, 15) is 8.42 Å². The van der Waals surface area contributed by atoms with Gasteiger partial charge < -0.3 is 4.74 Å². The van der Waals surface area contributed by atoms with Crippen molar-refractivity contribution < 1.29 is 13.2 Å². The second kappa shape index (κ2) is 7.11. The lowest BCUT2D eigenvalue weighted by molar-refractivity contribution is 0.317. The van der Waals surface area contributed by atoms with Gasteiger partial charge in [0.05, 0.1) is 11.5 Å². The monoisotopic (exact) mass is 356 g/mol. The molecule has 0 aliphatic heterocycles. The van der Waals surface area contributed by atoms with E-state index in [0.717, 1.165) is 17.7 Å². The summed E-state index contributed by atoms with van der Waals surface area (Å²) in [5, 5.41) is 0. The Morgan fingerprint density at radius 2 is 1.72 bits per heavy atom. The molecule has 25 heavy (non-hydrogen) atoms. The molecule has 0 fully saturated rings. The summed E-state index contributed by atoms with van der Waals surface area (Å²) in [7, 11) is -3.69. The second-order valence-corrected chi connectivity index (χ2v) is 7.55.